The first-order chi connectivity index (χ1) is 8.74. The van der Waals surface area contributed by atoms with Crippen LogP contribution in [0.1, 0.15) is 6.42 Å². The summed E-state index contributed by atoms with van der Waals surface area (Å²) in [5.74, 6) is 0.736. The number of hydrogen-bond donors (Lipinski definition) is 1. The molecule has 1 N–H and O–H groups in total. The zero-order valence-electron chi connectivity index (χ0n) is 10.0. The summed E-state index contributed by atoms with van der Waals surface area (Å²) in [6.07, 6.45) is 0.643. The van der Waals surface area contributed by atoms with E-state index in [4.69, 9.17) is 14.2 Å². The molecule has 1 aliphatic heterocycles. The van der Waals surface area contributed by atoms with Crippen molar-refractivity contribution in [1.82, 2.24) is 0 Å². The molecule has 2 atom stereocenters. The molecule has 2 rings (SSSR count). The molecule has 1 heterocycles. The molecule has 4 nitrogen and oxygen atoms in total. The second kappa shape index (κ2) is 7.09. The number of benzene rings is 1. The second-order valence-corrected chi connectivity index (χ2v) is 5.15. The Morgan fingerprint density at radius 1 is 1.33 bits per heavy atom. The summed E-state index contributed by atoms with van der Waals surface area (Å²) in [4.78, 5) is 0. The van der Waals surface area contributed by atoms with Gasteiger partial charge in [-0.25, -0.2) is 0 Å². The van der Waals surface area contributed by atoms with Crippen LogP contribution in [0.25, 0.3) is 0 Å². The predicted molar refractivity (Wildman–Crippen MR) is 70.8 cm³/mol. The van der Waals surface area contributed by atoms with Crippen LogP contribution in [-0.4, -0.2) is 43.7 Å². The highest BCUT2D eigenvalue weighted by Gasteiger charge is 2.18. The van der Waals surface area contributed by atoms with Crippen molar-refractivity contribution in [3.8, 4) is 5.75 Å². The van der Waals surface area contributed by atoms with Gasteiger partial charge in [-0.3, -0.25) is 0 Å². The highest BCUT2D eigenvalue weighted by Crippen LogP contribution is 2.16. The topological polar surface area (TPSA) is 47.9 Å². The van der Waals surface area contributed by atoms with Gasteiger partial charge in [0.05, 0.1) is 19.3 Å². The highest BCUT2D eigenvalue weighted by atomic mass is 79.9. The third-order valence-corrected chi connectivity index (χ3v) is 3.19. The highest BCUT2D eigenvalue weighted by molar-refractivity contribution is 9.10. The minimum Gasteiger partial charge on any atom is -0.491 e. The maximum atomic E-state index is 9.67. The lowest BCUT2D eigenvalue weighted by molar-refractivity contribution is -0.105. The van der Waals surface area contributed by atoms with Crippen LogP contribution >= 0.6 is 15.9 Å². The third-order valence-electron chi connectivity index (χ3n) is 2.66. The molecule has 0 spiro atoms. The lowest BCUT2D eigenvalue weighted by Crippen LogP contribution is -2.33. The maximum Gasteiger partial charge on any atom is 0.119 e. The molecule has 0 aliphatic carbocycles. The number of ether oxygens (including phenoxy) is 3. The Balaban J connectivity index is 1.58. The second-order valence-electron chi connectivity index (χ2n) is 4.24. The lowest BCUT2D eigenvalue weighted by Gasteiger charge is -2.26. The summed E-state index contributed by atoms with van der Waals surface area (Å²) in [5, 5.41) is 9.67. The Labute approximate surface area is 115 Å². The van der Waals surface area contributed by atoms with Crippen LogP contribution in [0.15, 0.2) is 28.7 Å². The van der Waals surface area contributed by atoms with Gasteiger partial charge in [-0.2, -0.15) is 0 Å². The van der Waals surface area contributed by atoms with E-state index < -0.39 is 6.10 Å². The molecule has 1 saturated heterocycles. The summed E-state index contributed by atoms with van der Waals surface area (Å²) in [6.45, 7) is 1.88. The van der Waals surface area contributed by atoms with Gasteiger partial charge in [0, 0.05) is 11.1 Å². The van der Waals surface area contributed by atoms with E-state index in [1.165, 1.54) is 0 Å². The van der Waals surface area contributed by atoms with Gasteiger partial charge in [0.1, 0.15) is 18.5 Å². The molecule has 1 aromatic rings. The fraction of sp³-hybridized carbons (Fsp3) is 0.538. The van der Waals surface area contributed by atoms with Crippen LogP contribution in [0.3, 0.4) is 0 Å². The molecular weight excluding hydrogens is 300 g/mol. The van der Waals surface area contributed by atoms with Gasteiger partial charge >= 0.3 is 0 Å². The SMILES string of the molecule is OC(COCC1CCO1)COc1ccc(Br)cc1. The van der Waals surface area contributed by atoms with E-state index >= 15 is 0 Å². The Bertz CT molecular complexity index is 351. The van der Waals surface area contributed by atoms with E-state index in [1.54, 1.807) is 0 Å². The first-order valence-corrected chi connectivity index (χ1v) is 6.79. The molecule has 5 heteroatoms. The molecule has 0 saturated carbocycles. The molecule has 18 heavy (non-hydrogen) atoms. The molecule has 1 fully saturated rings. The number of aliphatic hydroxyl groups excluding tert-OH is 1. The van der Waals surface area contributed by atoms with Crippen LogP contribution in [0.4, 0.5) is 0 Å². The van der Waals surface area contributed by atoms with Crippen LogP contribution in [0.2, 0.25) is 0 Å². The Hall–Kier alpha value is -0.620. The van der Waals surface area contributed by atoms with Crippen molar-refractivity contribution in [2.24, 2.45) is 0 Å². The van der Waals surface area contributed by atoms with Crippen LogP contribution in [-0.2, 0) is 9.47 Å². The van der Waals surface area contributed by atoms with Crippen molar-refractivity contribution in [3.63, 3.8) is 0 Å². The molecular formula is C13H17BrO4. The molecule has 2 unspecified atom stereocenters. The van der Waals surface area contributed by atoms with Crippen molar-refractivity contribution in [2.45, 2.75) is 18.6 Å². The zero-order valence-corrected chi connectivity index (χ0v) is 11.6. The molecule has 0 bridgehead atoms. The van der Waals surface area contributed by atoms with Crippen molar-refractivity contribution in [2.75, 3.05) is 26.4 Å². The fourth-order valence-corrected chi connectivity index (χ4v) is 1.79. The number of halogens is 1. The van der Waals surface area contributed by atoms with Crippen LogP contribution in [0.5, 0.6) is 5.75 Å². The molecule has 0 amide bonds. The molecule has 100 valence electrons. The van der Waals surface area contributed by atoms with Crippen molar-refractivity contribution < 1.29 is 19.3 Å². The van der Waals surface area contributed by atoms with Gasteiger partial charge < -0.3 is 19.3 Å². The monoisotopic (exact) mass is 316 g/mol. The average Bonchev–Trinajstić information content (AvgIpc) is 2.32. The minimum absolute atomic E-state index is 0.213. The molecule has 0 aromatic heterocycles. The van der Waals surface area contributed by atoms with Gasteiger partial charge in [-0.1, -0.05) is 15.9 Å². The van der Waals surface area contributed by atoms with Gasteiger partial charge in [-0.15, -0.1) is 0 Å². The number of hydrogen-bond acceptors (Lipinski definition) is 4. The first kappa shape index (κ1) is 13.8. The maximum absolute atomic E-state index is 9.67. The average molecular weight is 317 g/mol. The van der Waals surface area contributed by atoms with Crippen molar-refractivity contribution in [3.05, 3.63) is 28.7 Å². The van der Waals surface area contributed by atoms with Gasteiger partial charge in [-0.05, 0) is 30.7 Å². The van der Waals surface area contributed by atoms with Crippen molar-refractivity contribution in [1.29, 1.82) is 0 Å². The van der Waals surface area contributed by atoms with Gasteiger partial charge in [0.15, 0.2) is 0 Å². The van der Waals surface area contributed by atoms with Gasteiger partial charge in [0.25, 0.3) is 0 Å². The Kier molecular flexibility index (Phi) is 5.44. The Morgan fingerprint density at radius 2 is 2.06 bits per heavy atom. The normalized spacial score (nSPS) is 20.2. The van der Waals surface area contributed by atoms with Crippen LogP contribution < -0.4 is 4.74 Å². The summed E-state index contributed by atoms with van der Waals surface area (Å²) >= 11 is 3.35. The fourth-order valence-electron chi connectivity index (χ4n) is 1.52. The third kappa shape index (κ3) is 4.57. The summed E-state index contributed by atoms with van der Waals surface area (Å²) in [6, 6.07) is 7.48. The summed E-state index contributed by atoms with van der Waals surface area (Å²) in [7, 11) is 0. The standard InChI is InChI=1S/C13H17BrO4/c14-10-1-3-12(4-2-10)18-8-11(15)7-16-9-13-5-6-17-13/h1-4,11,13,15H,5-9H2. The Morgan fingerprint density at radius 3 is 2.67 bits per heavy atom. The minimum atomic E-state index is -0.617. The van der Waals surface area contributed by atoms with E-state index in [9.17, 15) is 5.11 Å². The van der Waals surface area contributed by atoms with E-state index in [0.717, 1.165) is 23.2 Å². The van der Waals surface area contributed by atoms with E-state index in [0.29, 0.717) is 6.61 Å². The zero-order chi connectivity index (χ0) is 12.8. The molecule has 1 aromatic carbocycles. The number of rotatable bonds is 7. The molecule has 0 radical (unpaired) electrons. The van der Waals surface area contributed by atoms with Gasteiger partial charge in [0.2, 0.25) is 0 Å². The van der Waals surface area contributed by atoms with E-state index in [2.05, 4.69) is 15.9 Å². The smallest absolute Gasteiger partial charge is 0.119 e. The summed E-state index contributed by atoms with van der Waals surface area (Å²) < 4.78 is 17.0. The van der Waals surface area contributed by atoms with E-state index in [1.807, 2.05) is 24.3 Å². The van der Waals surface area contributed by atoms with Crippen molar-refractivity contribution >= 4 is 15.9 Å². The largest absolute Gasteiger partial charge is 0.491 e. The van der Waals surface area contributed by atoms with Crippen LogP contribution in [0, 0.1) is 0 Å². The predicted octanol–water partition coefficient (Wildman–Crippen LogP) is 1.99. The quantitative estimate of drug-likeness (QED) is 0.835. The number of aliphatic hydroxyl groups is 1. The summed E-state index contributed by atoms with van der Waals surface area (Å²) in [5.41, 5.74) is 0. The lowest BCUT2D eigenvalue weighted by atomic mass is 10.2. The van der Waals surface area contributed by atoms with E-state index in [-0.39, 0.29) is 19.3 Å². The molecule has 1 aliphatic rings. The first-order valence-electron chi connectivity index (χ1n) is 6.00.